The fraction of sp³-hybridized carbons (Fsp3) is 0.400. The van der Waals surface area contributed by atoms with Crippen LogP contribution in [0, 0.1) is 0 Å². The first-order valence-electron chi connectivity index (χ1n) is 6.62. The SMILES string of the molecule is CCCCOc1c(O)c(=O)n(C)c2cc(OC)ccc12. The number of aryl methyl sites for hydroxylation is 1. The maximum Gasteiger partial charge on any atom is 0.296 e. The van der Waals surface area contributed by atoms with Crippen LogP contribution in [0.5, 0.6) is 17.2 Å². The summed E-state index contributed by atoms with van der Waals surface area (Å²) < 4.78 is 12.2. The summed E-state index contributed by atoms with van der Waals surface area (Å²) in [5, 5.41) is 10.7. The van der Waals surface area contributed by atoms with Gasteiger partial charge < -0.3 is 19.1 Å². The largest absolute Gasteiger partial charge is 0.500 e. The standard InChI is InChI=1S/C15H19NO4/c1-4-5-8-20-14-11-7-6-10(19-3)9-12(11)16(2)15(18)13(14)17/h6-7,9,17H,4-5,8H2,1-3H3. The molecule has 1 N–H and O–H groups in total. The molecule has 5 nitrogen and oxygen atoms in total. The van der Waals surface area contributed by atoms with Crippen molar-refractivity contribution in [1.29, 1.82) is 0 Å². The second-order valence-electron chi connectivity index (χ2n) is 4.63. The highest BCUT2D eigenvalue weighted by molar-refractivity contribution is 5.88. The van der Waals surface area contributed by atoms with E-state index in [2.05, 4.69) is 6.92 Å². The number of methoxy groups -OCH3 is 1. The molecule has 0 aliphatic heterocycles. The molecule has 0 amide bonds. The van der Waals surface area contributed by atoms with Crippen molar-refractivity contribution in [3.8, 4) is 17.2 Å². The highest BCUT2D eigenvalue weighted by atomic mass is 16.5. The smallest absolute Gasteiger partial charge is 0.296 e. The van der Waals surface area contributed by atoms with Gasteiger partial charge in [-0.25, -0.2) is 0 Å². The predicted octanol–water partition coefficient (Wildman–Crippen LogP) is 2.43. The maximum absolute atomic E-state index is 12.0. The molecule has 20 heavy (non-hydrogen) atoms. The number of pyridine rings is 1. The minimum absolute atomic E-state index is 0.249. The molecule has 0 saturated heterocycles. The Balaban J connectivity index is 2.63. The Morgan fingerprint density at radius 3 is 2.75 bits per heavy atom. The number of rotatable bonds is 5. The summed E-state index contributed by atoms with van der Waals surface area (Å²) in [6, 6.07) is 5.32. The zero-order chi connectivity index (χ0) is 14.7. The van der Waals surface area contributed by atoms with Crippen LogP contribution in [0.15, 0.2) is 23.0 Å². The number of aromatic hydroxyl groups is 1. The minimum atomic E-state index is -0.475. The summed E-state index contributed by atoms with van der Waals surface area (Å²) >= 11 is 0. The molecule has 0 saturated carbocycles. The number of fused-ring (bicyclic) bond motifs is 1. The molecular weight excluding hydrogens is 258 g/mol. The first kappa shape index (κ1) is 14.2. The van der Waals surface area contributed by atoms with E-state index in [0.29, 0.717) is 23.3 Å². The van der Waals surface area contributed by atoms with Crippen LogP contribution >= 0.6 is 0 Å². The van der Waals surface area contributed by atoms with Crippen LogP contribution in [0.4, 0.5) is 0 Å². The number of ether oxygens (including phenoxy) is 2. The lowest BCUT2D eigenvalue weighted by molar-refractivity contribution is 0.294. The van der Waals surface area contributed by atoms with Crippen molar-refractivity contribution in [3.05, 3.63) is 28.6 Å². The number of nitrogens with zero attached hydrogens (tertiary/aromatic N) is 1. The monoisotopic (exact) mass is 277 g/mol. The fourth-order valence-corrected chi connectivity index (χ4v) is 2.07. The molecule has 0 aliphatic rings. The van der Waals surface area contributed by atoms with Gasteiger partial charge >= 0.3 is 0 Å². The zero-order valence-corrected chi connectivity index (χ0v) is 12.0. The molecule has 1 aromatic heterocycles. The summed E-state index contributed by atoms with van der Waals surface area (Å²) in [5.41, 5.74) is 0.191. The Bertz CT molecular complexity index is 676. The van der Waals surface area contributed by atoms with Gasteiger partial charge in [0.05, 0.1) is 19.2 Å². The highest BCUT2D eigenvalue weighted by Crippen LogP contribution is 2.33. The molecule has 0 aliphatic carbocycles. The second kappa shape index (κ2) is 5.86. The Morgan fingerprint density at radius 2 is 2.10 bits per heavy atom. The fourth-order valence-electron chi connectivity index (χ4n) is 2.07. The molecule has 0 bridgehead atoms. The molecule has 0 unspecified atom stereocenters. The average Bonchev–Trinajstić information content (AvgIpc) is 2.48. The summed E-state index contributed by atoms with van der Waals surface area (Å²) in [6.07, 6.45) is 1.85. The lowest BCUT2D eigenvalue weighted by Gasteiger charge is -2.14. The third-order valence-electron chi connectivity index (χ3n) is 3.28. The van der Waals surface area contributed by atoms with Gasteiger partial charge in [-0.1, -0.05) is 13.3 Å². The van der Waals surface area contributed by atoms with Crippen molar-refractivity contribution >= 4 is 10.9 Å². The zero-order valence-electron chi connectivity index (χ0n) is 12.0. The summed E-state index contributed by atoms with van der Waals surface area (Å²) in [7, 11) is 3.18. The van der Waals surface area contributed by atoms with Crippen LogP contribution in [0.2, 0.25) is 0 Å². The van der Waals surface area contributed by atoms with E-state index in [1.807, 2.05) is 0 Å². The average molecular weight is 277 g/mol. The van der Waals surface area contributed by atoms with E-state index in [-0.39, 0.29) is 11.5 Å². The molecule has 1 heterocycles. The van der Waals surface area contributed by atoms with Crippen molar-refractivity contribution in [3.63, 3.8) is 0 Å². The van der Waals surface area contributed by atoms with E-state index in [0.717, 1.165) is 12.8 Å². The summed E-state index contributed by atoms with van der Waals surface area (Å²) in [6.45, 7) is 2.52. The van der Waals surface area contributed by atoms with Crippen LogP contribution < -0.4 is 15.0 Å². The molecule has 5 heteroatoms. The van der Waals surface area contributed by atoms with E-state index in [4.69, 9.17) is 9.47 Å². The quantitative estimate of drug-likeness (QED) is 0.853. The number of hydrogen-bond acceptors (Lipinski definition) is 4. The van der Waals surface area contributed by atoms with E-state index >= 15 is 0 Å². The third kappa shape index (κ3) is 2.43. The number of hydrogen-bond donors (Lipinski definition) is 1. The molecular formula is C15H19NO4. The molecule has 0 fully saturated rings. The molecule has 1 aromatic carbocycles. The maximum atomic E-state index is 12.0. The minimum Gasteiger partial charge on any atom is -0.500 e. The van der Waals surface area contributed by atoms with Gasteiger partial charge in [0.15, 0.2) is 5.75 Å². The van der Waals surface area contributed by atoms with E-state index in [9.17, 15) is 9.90 Å². The predicted molar refractivity (Wildman–Crippen MR) is 77.8 cm³/mol. The number of benzene rings is 1. The second-order valence-corrected chi connectivity index (χ2v) is 4.63. The first-order chi connectivity index (χ1) is 9.60. The molecule has 2 rings (SSSR count). The molecule has 0 radical (unpaired) electrons. The summed E-state index contributed by atoms with van der Waals surface area (Å²) in [4.78, 5) is 12.0. The molecule has 0 spiro atoms. The van der Waals surface area contributed by atoms with Crippen LogP contribution in [0.1, 0.15) is 19.8 Å². The molecule has 108 valence electrons. The molecule has 2 aromatic rings. The third-order valence-corrected chi connectivity index (χ3v) is 3.28. The van der Waals surface area contributed by atoms with Gasteiger partial charge in [0.2, 0.25) is 5.75 Å². The Morgan fingerprint density at radius 1 is 1.35 bits per heavy atom. The lowest BCUT2D eigenvalue weighted by Crippen LogP contribution is -2.18. The normalized spacial score (nSPS) is 10.8. The van der Waals surface area contributed by atoms with Crippen LogP contribution in [0.25, 0.3) is 10.9 Å². The summed E-state index contributed by atoms with van der Waals surface area (Å²) in [5.74, 6) is 0.554. The van der Waals surface area contributed by atoms with Gasteiger partial charge in [0.25, 0.3) is 5.56 Å². The molecule has 0 atom stereocenters. The van der Waals surface area contributed by atoms with Crippen molar-refractivity contribution in [2.24, 2.45) is 7.05 Å². The topological polar surface area (TPSA) is 60.7 Å². The van der Waals surface area contributed by atoms with Gasteiger partial charge in [-0.05, 0) is 18.6 Å². The van der Waals surface area contributed by atoms with Crippen molar-refractivity contribution in [1.82, 2.24) is 4.57 Å². The van der Waals surface area contributed by atoms with E-state index in [1.54, 1.807) is 32.4 Å². The number of unbranched alkanes of at least 4 members (excludes halogenated alkanes) is 1. The highest BCUT2D eigenvalue weighted by Gasteiger charge is 2.16. The Hall–Kier alpha value is -2.17. The van der Waals surface area contributed by atoms with Gasteiger partial charge in [-0.15, -0.1) is 0 Å². The van der Waals surface area contributed by atoms with Crippen LogP contribution in [0.3, 0.4) is 0 Å². The van der Waals surface area contributed by atoms with E-state index < -0.39 is 5.56 Å². The van der Waals surface area contributed by atoms with Gasteiger partial charge in [-0.2, -0.15) is 0 Å². The van der Waals surface area contributed by atoms with Crippen LogP contribution in [-0.4, -0.2) is 23.4 Å². The Kier molecular flexibility index (Phi) is 4.17. The van der Waals surface area contributed by atoms with Crippen molar-refractivity contribution in [2.45, 2.75) is 19.8 Å². The van der Waals surface area contributed by atoms with Crippen LogP contribution in [-0.2, 0) is 7.05 Å². The van der Waals surface area contributed by atoms with E-state index in [1.165, 1.54) is 4.57 Å². The first-order valence-corrected chi connectivity index (χ1v) is 6.62. The lowest BCUT2D eigenvalue weighted by atomic mass is 10.1. The van der Waals surface area contributed by atoms with Crippen molar-refractivity contribution in [2.75, 3.05) is 13.7 Å². The van der Waals surface area contributed by atoms with Gasteiger partial charge in [0.1, 0.15) is 5.75 Å². The van der Waals surface area contributed by atoms with Gasteiger partial charge in [0, 0.05) is 18.5 Å². The Labute approximate surface area is 117 Å². The van der Waals surface area contributed by atoms with Crippen molar-refractivity contribution < 1.29 is 14.6 Å². The number of aromatic nitrogens is 1. The van der Waals surface area contributed by atoms with Gasteiger partial charge in [-0.3, -0.25) is 4.79 Å².